The van der Waals surface area contributed by atoms with Crippen LogP contribution in [0.3, 0.4) is 0 Å². The van der Waals surface area contributed by atoms with Gasteiger partial charge in [0.2, 0.25) is 5.91 Å². The number of aliphatic carboxylic acids is 1. The predicted octanol–water partition coefficient (Wildman–Crippen LogP) is 4.55. The van der Waals surface area contributed by atoms with Gasteiger partial charge in [0.1, 0.15) is 0 Å². The number of anilines is 1. The van der Waals surface area contributed by atoms with Crippen molar-refractivity contribution in [2.24, 2.45) is 5.92 Å². The molecule has 0 unspecified atom stereocenters. The molecule has 5 nitrogen and oxygen atoms in total. The number of benzene rings is 2. The molecular formula is C23H27ClN2O3. The van der Waals surface area contributed by atoms with Crippen molar-refractivity contribution in [2.75, 3.05) is 18.4 Å². The first-order chi connectivity index (χ1) is 13.8. The number of carboxylic acid groups (broad SMARTS) is 1. The third-order valence-corrected chi connectivity index (χ3v) is 5.91. The van der Waals surface area contributed by atoms with Crippen LogP contribution in [0.1, 0.15) is 37.8 Å². The number of piperidine rings is 1. The molecule has 0 atom stereocenters. The number of likely N-dealkylation sites (tertiary alicyclic amines) is 1. The molecule has 1 fully saturated rings. The van der Waals surface area contributed by atoms with Crippen LogP contribution < -0.4 is 5.32 Å². The Morgan fingerprint density at radius 3 is 2.41 bits per heavy atom. The Labute approximate surface area is 176 Å². The van der Waals surface area contributed by atoms with Gasteiger partial charge in [0, 0.05) is 17.3 Å². The van der Waals surface area contributed by atoms with Crippen molar-refractivity contribution in [2.45, 2.75) is 38.6 Å². The topological polar surface area (TPSA) is 69.6 Å². The number of halogens is 1. The molecule has 0 saturated carbocycles. The third-order valence-electron chi connectivity index (χ3n) is 5.66. The van der Waals surface area contributed by atoms with Crippen molar-refractivity contribution in [3.63, 3.8) is 0 Å². The van der Waals surface area contributed by atoms with E-state index in [9.17, 15) is 9.59 Å². The number of rotatable bonds is 6. The Kier molecular flexibility index (Phi) is 6.60. The van der Waals surface area contributed by atoms with Crippen LogP contribution in [0.4, 0.5) is 5.69 Å². The average Bonchev–Trinajstić information content (AvgIpc) is 2.69. The summed E-state index contributed by atoms with van der Waals surface area (Å²) in [6.07, 6.45) is 1.36. The summed E-state index contributed by atoms with van der Waals surface area (Å²) in [7, 11) is 0. The minimum absolute atomic E-state index is 0.0840. The van der Waals surface area contributed by atoms with Gasteiger partial charge in [0.05, 0.1) is 11.3 Å². The van der Waals surface area contributed by atoms with E-state index in [-0.39, 0.29) is 11.8 Å². The van der Waals surface area contributed by atoms with Crippen LogP contribution in [0.15, 0.2) is 48.5 Å². The highest BCUT2D eigenvalue weighted by Crippen LogP contribution is 2.27. The molecule has 29 heavy (non-hydrogen) atoms. The van der Waals surface area contributed by atoms with Gasteiger partial charge in [-0.3, -0.25) is 14.5 Å². The lowest BCUT2D eigenvalue weighted by Gasteiger charge is -2.30. The van der Waals surface area contributed by atoms with Crippen molar-refractivity contribution in [1.29, 1.82) is 0 Å². The van der Waals surface area contributed by atoms with E-state index in [1.165, 1.54) is 0 Å². The Bertz CT molecular complexity index is 872. The zero-order valence-electron chi connectivity index (χ0n) is 16.8. The summed E-state index contributed by atoms with van der Waals surface area (Å²) in [6, 6.07) is 15.2. The average molecular weight is 415 g/mol. The Morgan fingerprint density at radius 1 is 1.14 bits per heavy atom. The van der Waals surface area contributed by atoms with Crippen LogP contribution in [0.25, 0.3) is 0 Å². The zero-order valence-corrected chi connectivity index (χ0v) is 17.6. The molecule has 0 bridgehead atoms. The standard InChI is InChI=1S/C23H27ClN2O3/c1-23(2,18-6-8-19(24)9-7-18)22(29)25-20-5-3-4-16(14-20)15-26-12-10-17(11-13-26)21(27)28/h3-9,14,17H,10-13,15H2,1-2H3,(H,25,29)(H,27,28). The van der Waals surface area contributed by atoms with Crippen LogP contribution in [-0.2, 0) is 21.5 Å². The van der Waals surface area contributed by atoms with Crippen LogP contribution in [-0.4, -0.2) is 35.0 Å². The minimum atomic E-state index is -0.697. The van der Waals surface area contributed by atoms with E-state index in [1.807, 2.05) is 50.2 Å². The molecule has 1 saturated heterocycles. The van der Waals surface area contributed by atoms with Gasteiger partial charge in [-0.15, -0.1) is 0 Å². The van der Waals surface area contributed by atoms with Crippen LogP contribution in [0, 0.1) is 5.92 Å². The van der Waals surface area contributed by atoms with Crippen LogP contribution in [0.5, 0.6) is 0 Å². The van der Waals surface area contributed by atoms with Gasteiger partial charge in [0.15, 0.2) is 0 Å². The number of carboxylic acids is 1. The van der Waals surface area contributed by atoms with Crippen molar-refractivity contribution in [3.8, 4) is 0 Å². The summed E-state index contributed by atoms with van der Waals surface area (Å²) in [5, 5.41) is 12.8. The third kappa shape index (κ3) is 5.37. The van der Waals surface area contributed by atoms with E-state index in [0.717, 1.165) is 36.4 Å². The van der Waals surface area contributed by atoms with E-state index >= 15 is 0 Å². The Morgan fingerprint density at radius 2 is 1.79 bits per heavy atom. The smallest absolute Gasteiger partial charge is 0.306 e. The Hall–Kier alpha value is -2.37. The van der Waals surface area contributed by atoms with E-state index < -0.39 is 11.4 Å². The Balaban J connectivity index is 1.63. The molecule has 0 radical (unpaired) electrons. The number of carbonyl (C=O) groups is 2. The van der Waals surface area contributed by atoms with E-state index in [0.29, 0.717) is 17.9 Å². The molecule has 0 aliphatic carbocycles. The fraction of sp³-hybridized carbons (Fsp3) is 0.391. The van der Waals surface area contributed by atoms with Gasteiger partial charge >= 0.3 is 5.97 Å². The zero-order chi connectivity index (χ0) is 21.0. The van der Waals surface area contributed by atoms with Crippen molar-refractivity contribution in [3.05, 3.63) is 64.7 Å². The second-order valence-electron chi connectivity index (χ2n) is 8.18. The molecule has 3 rings (SSSR count). The van der Waals surface area contributed by atoms with Gasteiger partial charge in [-0.2, -0.15) is 0 Å². The van der Waals surface area contributed by atoms with Crippen molar-refractivity contribution in [1.82, 2.24) is 4.90 Å². The van der Waals surface area contributed by atoms with Gasteiger partial charge in [-0.1, -0.05) is 35.9 Å². The molecule has 6 heteroatoms. The van der Waals surface area contributed by atoms with Gasteiger partial charge in [0.25, 0.3) is 0 Å². The second kappa shape index (κ2) is 8.97. The van der Waals surface area contributed by atoms with E-state index in [2.05, 4.69) is 10.2 Å². The molecule has 1 heterocycles. The molecular weight excluding hydrogens is 388 g/mol. The first-order valence-electron chi connectivity index (χ1n) is 9.87. The molecule has 1 aliphatic heterocycles. The van der Waals surface area contributed by atoms with Crippen LogP contribution in [0.2, 0.25) is 5.02 Å². The van der Waals surface area contributed by atoms with Crippen molar-refractivity contribution >= 4 is 29.2 Å². The number of hydrogen-bond donors (Lipinski definition) is 2. The summed E-state index contributed by atoms with van der Waals surface area (Å²) in [4.78, 5) is 26.3. The first kappa shape index (κ1) is 21.3. The lowest BCUT2D eigenvalue weighted by molar-refractivity contribution is -0.143. The molecule has 0 spiro atoms. The maximum atomic E-state index is 12.9. The monoisotopic (exact) mass is 414 g/mol. The van der Waals surface area contributed by atoms with Crippen LogP contribution >= 0.6 is 11.6 Å². The van der Waals surface area contributed by atoms with E-state index in [4.69, 9.17) is 16.7 Å². The normalized spacial score (nSPS) is 15.8. The SMILES string of the molecule is CC(C)(C(=O)Nc1cccc(CN2CCC(C(=O)O)CC2)c1)c1ccc(Cl)cc1. The maximum Gasteiger partial charge on any atom is 0.306 e. The van der Waals surface area contributed by atoms with Gasteiger partial charge < -0.3 is 10.4 Å². The largest absolute Gasteiger partial charge is 0.481 e. The number of carbonyl (C=O) groups excluding carboxylic acids is 1. The quantitative estimate of drug-likeness (QED) is 0.727. The molecule has 2 aromatic carbocycles. The number of amides is 1. The highest BCUT2D eigenvalue weighted by atomic mass is 35.5. The second-order valence-corrected chi connectivity index (χ2v) is 8.61. The van der Waals surface area contributed by atoms with Gasteiger partial charge in [-0.25, -0.2) is 0 Å². The molecule has 0 aromatic heterocycles. The number of hydrogen-bond acceptors (Lipinski definition) is 3. The summed E-state index contributed by atoms with van der Waals surface area (Å²) in [6.45, 7) is 6.08. The fourth-order valence-corrected chi connectivity index (χ4v) is 3.75. The number of nitrogens with zero attached hydrogens (tertiary/aromatic N) is 1. The summed E-state index contributed by atoms with van der Waals surface area (Å²) < 4.78 is 0. The molecule has 154 valence electrons. The lowest BCUT2D eigenvalue weighted by Crippen LogP contribution is -2.36. The maximum absolute atomic E-state index is 12.9. The lowest BCUT2D eigenvalue weighted by atomic mass is 9.83. The highest BCUT2D eigenvalue weighted by molar-refractivity contribution is 6.30. The molecule has 1 aliphatic rings. The molecule has 2 aromatic rings. The number of nitrogens with one attached hydrogen (secondary N) is 1. The van der Waals surface area contributed by atoms with Gasteiger partial charge in [-0.05, 0) is 75.2 Å². The summed E-state index contributed by atoms with van der Waals surface area (Å²) in [5.41, 5.74) is 2.06. The molecule has 1 amide bonds. The van der Waals surface area contributed by atoms with Crippen molar-refractivity contribution < 1.29 is 14.7 Å². The highest BCUT2D eigenvalue weighted by Gasteiger charge is 2.30. The predicted molar refractivity (Wildman–Crippen MR) is 115 cm³/mol. The minimum Gasteiger partial charge on any atom is -0.481 e. The molecule has 2 N–H and O–H groups in total. The first-order valence-corrected chi connectivity index (χ1v) is 10.2. The fourth-order valence-electron chi connectivity index (χ4n) is 3.63. The summed E-state index contributed by atoms with van der Waals surface area (Å²) >= 11 is 5.96. The van der Waals surface area contributed by atoms with E-state index in [1.54, 1.807) is 12.1 Å². The summed E-state index contributed by atoms with van der Waals surface area (Å²) in [5.74, 6) is -1.01.